The second-order valence-electron chi connectivity index (χ2n) is 4.13. The standard InChI is InChI=1S/C11H12Br2O2/c1-11(2,3)15-10(14)7-4-5-8(12)9(13)6-7/h4-6H,1-3H3. The lowest BCUT2D eigenvalue weighted by Crippen LogP contribution is -2.23. The Morgan fingerprint density at radius 2 is 1.80 bits per heavy atom. The van der Waals surface area contributed by atoms with E-state index in [2.05, 4.69) is 31.9 Å². The maximum atomic E-state index is 11.7. The smallest absolute Gasteiger partial charge is 0.338 e. The Labute approximate surface area is 106 Å². The van der Waals surface area contributed by atoms with Crippen LogP contribution in [0.4, 0.5) is 0 Å². The Morgan fingerprint density at radius 3 is 2.27 bits per heavy atom. The number of rotatable bonds is 1. The summed E-state index contributed by atoms with van der Waals surface area (Å²) >= 11 is 6.68. The fraction of sp³-hybridized carbons (Fsp3) is 0.364. The molecule has 0 aromatic heterocycles. The zero-order chi connectivity index (χ0) is 11.6. The van der Waals surface area contributed by atoms with Crippen LogP contribution in [0, 0.1) is 0 Å². The minimum atomic E-state index is -0.462. The van der Waals surface area contributed by atoms with Crippen molar-refractivity contribution < 1.29 is 9.53 Å². The summed E-state index contributed by atoms with van der Waals surface area (Å²) in [6.45, 7) is 5.54. The molecule has 82 valence electrons. The van der Waals surface area contributed by atoms with Gasteiger partial charge in [-0.05, 0) is 70.8 Å². The highest BCUT2D eigenvalue weighted by Gasteiger charge is 2.18. The second kappa shape index (κ2) is 4.66. The van der Waals surface area contributed by atoms with E-state index in [-0.39, 0.29) is 5.97 Å². The second-order valence-corrected chi connectivity index (χ2v) is 5.84. The molecule has 0 aliphatic carbocycles. The lowest BCUT2D eigenvalue weighted by Gasteiger charge is -2.19. The highest BCUT2D eigenvalue weighted by molar-refractivity contribution is 9.13. The van der Waals surface area contributed by atoms with Crippen LogP contribution in [0.5, 0.6) is 0 Å². The third kappa shape index (κ3) is 3.95. The Bertz CT molecular complexity index is 381. The molecule has 0 saturated heterocycles. The van der Waals surface area contributed by atoms with Crippen molar-refractivity contribution in [3.05, 3.63) is 32.7 Å². The van der Waals surface area contributed by atoms with Gasteiger partial charge in [-0.15, -0.1) is 0 Å². The minimum Gasteiger partial charge on any atom is -0.456 e. The third-order valence-corrected chi connectivity index (χ3v) is 3.43. The van der Waals surface area contributed by atoms with E-state index < -0.39 is 5.60 Å². The zero-order valence-electron chi connectivity index (χ0n) is 8.80. The van der Waals surface area contributed by atoms with Crippen molar-refractivity contribution in [2.45, 2.75) is 26.4 Å². The summed E-state index contributed by atoms with van der Waals surface area (Å²) in [4.78, 5) is 11.7. The lowest BCUT2D eigenvalue weighted by atomic mass is 10.2. The molecule has 0 amide bonds. The number of carbonyl (C=O) groups excluding carboxylic acids is 1. The summed E-state index contributed by atoms with van der Waals surface area (Å²) in [5, 5.41) is 0. The first-order chi connectivity index (χ1) is 6.79. The van der Waals surface area contributed by atoms with E-state index in [0.717, 1.165) is 8.95 Å². The molecular weight excluding hydrogens is 324 g/mol. The van der Waals surface area contributed by atoms with Gasteiger partial charge < -0.3 is 4.74 Å². The molecule has 0 N–H and O–H groups in total. The van der Waals surface area contributed by atoms with Crippen molar-refractivity contribution in [1.82, 2.24) is 0 Å². The number of esters is 1. The van der Waals surface area contributed by atoms with Gasteiger partial charge in [0.05, 0.1) is 5.56 Å². The zero-order valence-corrected chi connectivity index (χ0v) is 12.0. The van der Waals surface area contributed by atoms with Gasteiger partial charge in [-0.3, -0.25) is 0 Å². The molecule has 0 bridgehead atoms. The Balaban J connectivity index is 2.88. The lowest BCUT2D eigenvalue weighted by molar-refractivity contribution is 0.00694. The summed E-state index contributed by atoms with van der Waals surface area (Å²) < 4.78 is 6.99. The highest BCUT2D eigenvalue weighted by atomic mass is 79.9. The average Bonchev–Trinajstić information content (AvgIpc) is 2.06. The minimum absolute atomic E-state index is 0.310. The molecule has 0 fully saturated rings. The van der Waals surface area contributed by atoms with Crippen molar-refractivity contribution in [3.63, 3.8) is 0 Å². The highest BCUT2D eigenvalue weighted by Crippen LogP contribution is 2.24. The number of hydrogen-bond acceptors (Lipinski definition) is 2. The molecule has 1 aromatic rings. The molecule has 0 radical (unpaired) electrons. The van der Waals surface area contributed by atoms with Crippen LogP contribution in [-0.2, 0) is 4.74 Å². The molecule has 1 rings (SSSR count). The summed E-state index contributed by atoms with van der Waals surface area (Å²) in [6, 6.07) is 5.27. The molecule has 15 heavy (non-hydrogen) atoms. The van der Waals surface area contributed by atoms with Gasteiger partial charge in [0, 0.05) is 8.95 Å². The fourth-order valence-electron chi connectivity index (χ4n) is 0.960. The van der Waals surface area contributed by atoms with Crippen LogP contribution in [0.2, 0.25) is 0 Å². The van der Waals surface area contributed by atoms with Gasteiger partial charge >= 0.3 is 5.97 Å². The largest absolute Gasteiger partial charge is 0.456 e. The first-order valence-corrected chi connectivity index (χ1v) is 6.06. The first kappa shape index (κ1) is 12.7. The van der Waals surface area contributed by atoms with Crippen LogP contribution in [0.25, 0.3) is 0 Å². The van der Waals surface area contributed by atoms with Gasteiger partial charge in [-0.2, -0.15) is 0 Å². The van der Waals surface area contributed by atoms with E-state index in [4.69, 9.17) is 4.74 Å². The van der Waals surface area contributed by atoms with Gasteiger partial charge in [0.15, 0.2) is 0 Å². The number of ether oxygens (including phenoxy) is 1. The Kier molecular flexibility index (Phi) is 3.95. The van der Waals surface area contributed by atoms with Crippen LogP contribution >= 0.6 is 31.9 Å². The van der Waals surface area contributed by atoms with Crippen molar-refractivity contribution in [2.75, 3.05) is 0 Å². The quantitative estimate of drug-likeness (QED) is 0.720. The van der Waals surface area contributed by atoms with Crippen LogP contribution < -0.4 is 0 Å². The Hall–Kier alpha value is -0.350. The maximum Gasteiger partial charge on any atom is 0.338 e. The average molecular weight is 336 g/mol. The molecule has 0 aliphatic rings. The number of halogens is 2. The monoisotopic (exact) mass is 334 g/mol. The summed E-state index contributed by atoms with van der Waals surface area (Å²) in [7, 11) is 0. The molecule has 0 heterocycles. The van der Waals surface area contributed by atoms with Crippen molar-refractivity contribution in [2.24, 2.45) is 0 Å². The van der Waals surface area contributed by atoms with E-state index in [1.54, 1.807) is 12.1 Å². The first-order valence-electron chi connectivity index (χ1n) is 4.48. The molecule has 0 unspecified atom stereocenters. The van der Waals surface area contributed by atoms with Gasteiger partial charge in [-0.1, -0.05) is 0 Å². The number of hydrogen-bond donors (Lipinski definition) is 0. The molecule has 1 aromatic carbocycles. The van der Waals surface area contributed by atoms with Crippen molar-refractivity contribution in [3.8, 4) is 0 Å². The van der Waals surface area contributed by atoms with E-state index in [1.807, 2.05) is 26.8 Å². The SMILES string of the molecule is CC(C)(C)OC(=O)c1ccc(Br)c(Br)c1. The van der Waals surface area contributed by atoms with Crippen LogP contribution in [0.3, 0.4) is 0 Å². The van der Waals surface area contributed by atoms with Crippen molar-refractivity contribution >= 4 is 37.8 Å². The van der Waals surface area contributed by atoms with Crippen LogP contribution in [0.1, 0.15) is 31.1 Å². The Morgan fingerprint density at radius 1 is 1.20 bits per heavy atom. The topological polar surface area (TPSA) is 26.3 Å². The van der Waals surface area contributed by atoms with Crippen LogP contribution in [0.15, 0.2) is 27.1 Å². The fourth-order valence-corrected chi connectivity index (χ4v) is 1.59. The molecule has 0 saturated carbocycles. The molecule has 4 heteroatoms. The number of carbonyl (C=O) groups is 1. The van der Waals surface area contributed by atoms with Gasteiger partial charge in [0.2, 0.25) is 0 Å². The van der Waals surface area contributed by atoms with Gasteiger partial charge in [0.1, 0.15) is 5.60 Å². The summed E-state index contributed by atoms with van der Waals surface area (Å²) in [5.74, 6) is -0.310. The van der Waals surface area contributed by atoms with Crippen LogP contribution in [-0.4, -0.2) is 11.6 Å². The maximum absolute atomic E-state index is 11.7. The van der Waals surface area contributed by atoms with Crippen molar-refractivity contribution in [1.29, 1.82) is 0 Å². The van der Waals surface area contributed by atoms with E-state index >= 15 is 0 Å². The normalized spacial score (nSPS) is 11.3. The molecule has 0 spiro atoms. The molecule has 0 aliphatic heterocycles. The number of benzene rings is 1. The van der Waals surface area contributed by atoms with E-state index in [9.17, 15) is 4.79 Å². The summed E-state index contributed by atoms with van der Waals surface area (Å²) in [5.41, 5.74) is 0.0800. The predicted molar refractivity (Wildman–Crippen MR) is 67.0 cm³/mol. The third-order valence-electron chi connectivity index (χ3n) is 1.55. The van der Waals surface area contributed by atoms with E-state index in [0.29, 0.717) is 5.56 Å². The summed E-state index contributed by atoms with van der Waals surface area (Å²) in [6.07, 6.45) is 0. The predicted octanol–water partition coefficient (Wildman–Crippen LogP) is 4.17. The van der Waals surface area contributed by atoms with Gasteiger partial charge in [-0.25, -0.2) is 4.79 Å². The molecule has 2 nitrogen and oxygen atoms in total. The van der Waals surface area contributed by atoms with E-state index in [1.165, 1.54) is 0 Å². The molecular formula is C11H12Br2O2. The molecule has 0 atom stereocenters. The van der Waals surface area contributed by atoms with Gasteiger partial charge in [0.25, 0.3) is 0 Å².